The van der Waals surface area contributed by atoms with Crippen molar-refractivity contribution < 1.29 is 9.18 Å². The minimum atomic E-state index is -0.325. The van der Waals surface area contributed by atoms with Gasteiger partial charge in [0.2, 0.25) is 0 Å². The highest BCUT2D eigenvalue weighted by Crippen LogP contribution is 2.30. The van der Waals surface area contributed by atoms with E-state index in [0.29, 0.717) is 30.1 Å². The van der Waals surface area contributed by atoms with Crippen LogP contribution in [0.5, 0.6) is 0 Å². The first kappa shape index (κ1) is 15.0. The predicted octanol–water partition coefficient (Wildman–Crippen LogP) is 2.72. The first-order chi connectivity index (χ1) is 9.58. The van der Waals surface area contributed by atoms with E-state index < -0.39 is 0 Å². The van der Waals surface area contributed by atoms with Crippen molar-refractivity contribution in [1.29, 1.82) is 0 Å². The first-order valence-electron chi connectivity index (χ1n) is 7.35. The van der Waals surface area contributed by atoms with Crippen molar-refractivity contribution >= 4 is 5.91 Å². The number of nitrogens with two attached hydrogens (primary N) is 1. The number of amides is 1. The van der Waals surface area contributed by atoms with Gasteiger partial charge in [-0.05, 0) is 56.8 Å². The van der Waals surface area contributed by atoms with Crippen LogP contribution in [0, 0.1) is 18.7 Å². The van der Waals surface area contributed by atoms with Crippen molar-refractivity contribution in [3.05, 3.63) is 35.1 Å². The molecule has 110 valence electrons. The summed E-state index contributed by atoms with van der Waals surface area (Å²) < 4.78 is 13.6. The van der Waals surface area contributed by atoms with E-state index in [9.17, 15) is 9.18 Å². The van der Waals surface area contributed by atoms with Crippen molar-refractivity contribution in [1.82, 2.24) is 4.90 Å². The second-order valence-electron chi connectivity index (χ2n) is 5.55. The van der Waals surface area contributed by atoms with E-state index in [2.05, 4.69) is 0 Å². The molecule has 1 aliphatic rings. The van der Waals surface area contributed by atoms with Gasteiger partial charge in [-0.2, -0.15) is 0 Å². The molecule has 0 radical (unpaired) electrons. The highest BCUT2D eigenvalue weighted by Gasteiger charge is 2.33. The monoisotopic (exact) mass is 278 g/mol. The maximum absolute atomic E-state index is 13.6. The van der Waals surface area contributed by atoms with Crippen LogP contribution in [0.4, 0.5) is 4.39 Å². The molecule has 0 saturated heterocycles. The fourth-order valence-corrected chi connectivity index (χ4v) is 3.12. The Morgan fingerprint density at radius 1 is 1.45 bits per heavy atom. The van der Waals surface area contributed by atoms with E-state index in [-0.39, 0.29) is 17.8 Å². The molecular weight excluding hydrogens is 255 g/mol. The summed E-state index contributed by atoms with van der Waals surface area (Å²) in [5.41, 5.74) is 6.79. The normalized spacial score (nSPS) is 22.0. The molecule has 2 unspecified atom stereocenters. The minimum Gasteiger partial charge on any atom is -0.336 e. The van der Waals surface area contributed by atoms with Crippen LogP contribution in [0.2, 0.25) is 0 Å². The summed E-state index contributed by atoms with van der Waals surface area (Å²) in [6.07, 6.45) is 3.18. The number of benzene rings is 1. The average Bonchev–Trinajstić information content (AvgIpc) is 2.91. The number of carbonyl (C=O) groups is 1. The van der Waals surface area contributed by atoms with Gasteiger partial charge in [0.25, 0.3) is 5.91 Å². The Kier molecular flexibility index (Phi) is 4.76. The summed E-state index contributed by atoms with van der Waals surface area (Å²) in [5, 5.41) is 0. The van der Waals surface area contributed by atoms with E-state index in [1.807, 2.05) is 11.8 Å². The van der Waals surface area contributed by atoms with E-state index in [0.717, 1.165) is 19.3 Å². The number of rotatable bonds is 4. The minimum absolute atomic E-state index is 0.0863. The predicted molar refractivity (Wildman–Crippen MR) is 78.0 cm³/mol. The van der Waals surface area contributed by atoms with Crippen LogP contribution in [0.25, 0.3) is 0 Å². The van der Waals surface area contributed by atoms with Gasteiger partial charge in [-0.1, -0.05) is 12.5 Å². The van der Waals surface area contributed by atoms with Gasteiger partial charge >= 0.3 is 0 Å². The van der Waals surface area contributed by atoms with Crippen LogP contribution in [-0.2, 0) is 0 Å². The zero-order chi connectivity index (χ0) is 14.7. The lowest BCUT2D eigenvalue weighted by Gasteiger charge is -2.32. The Hall–Kier alpha value is -1.42. The molecule has 0 bridgehead atoms. The first-order valence-corrected chi connectivity index (χ1v) is 7.35. The molecule has 2 rings (SSSR count). The number of carbonyl (C=O) groups excluding carboxylic acids is 1. The topological polar surface area (TPSA) is 46.3 Å². The van der Waals surface area contributed by atoms with Crippen LogP contribution >= 0.6 is 0 Å². The van der Waals surface area contributed by atoms with Crippen LogP contribution in [-0.4, -0.2) is 29.9 Å². The molecule has 4 heteroatoms. The van der Waals surface area contributed by atoms with Crippen LogP contribution in [0.15, 0.2) is 18.2 Å². The Balaban J connectivity index is 2.22. The highest BCUT2D eigenvalue weighted by atomic mass is 19.1. The maximum Gasteiger partial charge on any atom is 0.254 e. The molecule has 1 aliphatic carbocycles. The zero-order valence-corrected chi connectivity index (χ0v) is 12.2. The van der Waals surface area contributed by atoms with Gasteiger partial charge in [0.1, 0.15) is 5.82 Å². The lowest BCUT2D eigenvalue weighted by atomic mass is 10.0. The molecule has 0 heterocycles. The van der Waals surface area contributed by atoms with Gasteiger partial charge in [-0.3, -0.25) is 4.79 Å². The van der Waals surface area contributed by atoms with E-state index in [1.165, 1.54) is 6.07 Å². The third kappa shape index (κ3) is 2.85. The number of aryl methyl sites for hydroxylation is 1. The maximum atomic E-state index is 13.6. The van der Waals surface area contributed by atoms with Gasteiger partial charge in [0.05, 0.1) is 0 Å². The van der Waals surface area contributed by atoms with Gasteiger partial charge in [0.15, 0.2) is 0 Å². The third-order valence-electron chi connectivity index (χ3n) is 4.34. The third-order valence-corrected chi connectivity index (χ3v) is 4.34. The second kappa shape index (κ2) is 6.35. The summed E-state index contributed by atoms with van der Waals surface area (Å²) >= 11 is 0. The molecular formula is C16H23FN2O. The summed E-state index contributed by atoms with van der Waals surface area (Å²) in [4.78, 5) is 14.5. The number of hydrogen-bond acceptors (Lipinski definition) is 2. The van der Waals surface area contributed by atoms with Gasteiger partial charge in [-0.15, -0.1) is 0 Å². The Morgan fingerprint density at radius 2 is 2.20 bits per heavy atom. The highest BCUT2D eigenvalue weighted by molar-refractivity contribution is 5.94. The van der Waals surface area contributed by atoms with Crippen molar-refractivity contribution in [2.24, 2.45) is 11.7 Å². The zero-order valence-electron chi connectivity index (χ0n) is 12.2. The van der Waals surface area contributed by atoms with E-state index >= 15 is 0 Å². The Bertz CT molecular complexity index is 489. The average molecular weight is 278 g/mol. The fourth-order valence-electron chi connectivity index (χ4n) is 3.12. The Labute approximate surface area is 120 Å². The molecule has 20 heavy (non-hydrogen) atoms. The molecule has 1 aromatic rings. The number of nitrogens with zero attached hydrogens (tertiary/aromatic N) is 1. The summed E-state index contributed by atoms with van der Waals surface area (Å²) in [7, 11) is 0. The summed E-state index contributed by atoms with van der Waals surface area (Å²) in [5.74, 6) is -0.0420. The van der Waals surface area contributed by atoms with Crippen LogP contribution in [0.1, 0.15) is 42.1 Å². The smallest absolute Gasteiger partial charge is 0.254 e. The van der Waals surface area contributed by atoms with Crippen LogP contribution in [0.3, 0.4) is 0 Å². The van der Waals surface area contributed by atoms with Crippen molar-refractivity contribution in [3.8, 4) is 0 Å². The lowest BCUT2D eigenvalue weighted by Crippen LogP contribution is -2.44. The summed E-state index contributed by atoms with van der Waals surface area (Å²) in [6.45, 7) is 4.91. The van der Waals surface area contributed by atoms with Crippen molar-refractivity contribution in [2.45, 2.75) is 39.2 Å². The summed E-state index contributed by atoms with van der Waals surface area (Å²) in [6, 6.07) is 4.90. The van der Waals surface area contributed by atoms with E-state index in [1.54, 1.807) is 19.1 Å². The van der Waals surface area contributed by atoms with Crippen LogP contribution < -0.4 is 5.73 Å². The second-order valence-corrected chi connectivity index (χ2v) is 5.55. The SMILES string of the molecule is CCN(C(=O)c1ccc(C)c(F)c1)C1CCCC1CN. The Morgan fingerprint density at radius 3 is 2.80 bits per heavy atom. The number of halogens is 1. The molecule has 1 aromatic carbocycles. The molecule has 0 spiro atoms. The van der Waals surface area contributed by atoms with E-state index in [4.69, 9.17) is 5.73 Å². The largest absolute Gasteiger partial charge is 0.336 e. The molecule has 3 nitrogen and oxygen atoms in total. The molecule has 2 N–H and O–H groups in total. The molecule has 1 amide bonds. The molecule has 1 saturated carbocycles. The van der Waals surface area contributed by atoms with Gasteiger partial charge < -0.3 is 10.6 Å². The number of hydrogen-bond donors (Lipinski definition) is 1. The lowest BCUT2D eigenvalue weighted by molar-refractivity contribution is 0.0651. The van der Waals surface area contributed by atoms with Gasteiger partial charge in [-0.25, -0.2) is 4.39 Å². The molecule has 0 aliphatic heterocycles. The van der Waals surface area contributed by atoms with Crippen molar-refractivity contribution in [3.63, 3.8) is 0 Å². The quantitative estimate of drug-likeness (QED) is 0.920. The molecule has 2 atom stereocenters. The standard InChI is InChI=1S/C16H23FN2O/c1-3-19(15-6-4-5-13(15)10-18)16(20)12-8-7-11(2)14(17)9-12/h7-9,13,15H,3-6,10,18H2,1-2H3. The molecule has 0 aromatic heterocycles. The van der Waals surface area contributed by atoms with Gasteiger partial charge in [0, 0.05) is 18.2 Å². The molecule has 1 fully saturated rings. The van der Waals surface area contributed by atoms with Crippen molar-refractivity contribution in [2.75, 3.05) is 13.1 Å². The fraction of sp³-hybridized carbons (Fsp3) is 0.562.